The van der Waals surface area contributed by atoms with Crippen LogP contribution in [0, 0.1) is 23.7 Å². The maximum Gasteiger partial charge on any atom is 1.00 e. The van der Waals surface area contributed by atoms with E-state index in [1.165, 1.54) is 38.5 Å². The van der Waals surface area contributed by atoms with Gasteiger partial charge in [0.05, 0.1) is 26.3 Å². The van der Waals surface area contributed by atoms with Gasteiger partial charge in [-0.2, -0.15) is 0 Å². The third-order valence-electron chi connectivity index (χ3n) is 6.09. The minimum Gasteiger partial charge on any atom is -0.790 e. The van der Waals surface area contributed by atoms with Crippen LogP contribution in [0.15, 0.2) is 12.2 Å². The first-order valence-corrected chi connectivity index (χ1v) is 12.8. The molecule has 0 aliphatic heterocycles. The van der Waals surface area contributed by atoms with Gasteiger partial charge >= 0.3 is 71.1 Å². The average Bonchev–Trinajstić information content (AvgIpc) is 2.72. The molecule has 0 aromatic rings. The Morgan fingerprint density at radius 1 is 1.12 bits per heavy atom. The number of carbonyl (C=O) groups is 2. The topological polar surface area (TPSA) is 136 Å². The molecule has 3 unspecified atom stereocenters. The fourth-order valence-corrected chi connectivity index (χ4v) is 4.58. The van der Waals surface area contributed by atoms with Crippen molar-refractivity contribution in [3.05, 3.63) is 12.2 Å². The Bertz CT molecular complexity index is 620. The molecule has 1 N–H and O–H groups in total. The van der Waals surface area contributed by atoms with Crippen LogP contribution >= 0.6 is 7.82 Å². The van der Waals surface area contributed by atoms with Gasteiger partial charge in [-0.05, 0) is 37.5 Å². The number of hydrogen-bond donors (Lipinski definition) is 1. The fourth-order valence-electron chi connectivity index (χ4n) is 4.28. The van der Waals surface area contributed by atoms with E-state index < -0.39 is 38.2 Å². The number of hydrogen-bond acceptors (Lipinski definition) is 7. The standard InChI is InChI=1S/C22H39O8P.2Na/c1-3-18(19-11-7-5-8-12-19)10-6-4-9-13-20(21(23)24)16-17(2)22(25)29-14-15-30-31(26,27)28;;/h4,6,17-20H,3,5,7-16H2,1-2H3,(H,23,24)(H2,26,27,28);;/q;2*+1/p-2. The summed E-state index contributed by atoms with van der Waals surface area (Å²) in [6, 6.07) is 0. The van der Waals surface area contributed by atoms with Crippen LogP contribution in [0.5, 0.6) is 0 Å². The van der Waals surface area contributed by atoms with Crippen molar-refractivity contribution in [3.8, 4) is 0 Å². The Balaban J connectivity index is 0. The molecule has 0 amide bonds. The molecule has 0 saturated heterocycles. The monoisotopic (exact) mass is 506 g/mol. The van der Waals surface area contributed by atoms with E-state index in [9.17, 15) is 29.0 Å². The van der Waals surface area contributed by atoms with Gasteiger partial charge in [-0.15, -0.1) is 0 Å². The molecule has 0 aromatic carbocycles. The van der Waals surface area contributed by atoms with Crippen molar-refractivity contribution in [1.29, 1.82) is 0 Å². The van der Waals surface area contributed by atoms with Gasteiger partial charge in [0.1, 0.15) is 6.61 Å². The molecular weight excluding hydrogens is 469 g/mol. The van der Waals surface area contributed by atoms with Gasteiger partial charge in [0.25, 0.3) is 0 Å². The second kappa shape index (κ2) is 19.9. The van der Waals surface area contributed by atoms with Crippen molar-refractivity contribution in [2.45, 2.75) is 78.1 Å². The van der Waals surface area contributed by atoms with E-state index in [0.29, 0.717) is 18.8 Å². The molecule has 0 radical (unpaired) electrons. The Labute approximate surface area is 242 Å². The van der Waals surface area contributed by atoms with Crippen LogP contribution in [0.1, 0.15) is 78.1 Å². The molecule has 1 fully saturated rings. The SMILES string of the molecule is CCC(CC=CCCC(CC(C)C(=O)OCCOP(=O)([O-])[O-])C(=O)O)C1CCCCC1.[Na+].[Na+]. The van der Waals surface area contributed by atoms with E-state index in [4.69, 9.17) is 4.74 Å². The van der Waals surface area contributed by atoms with E-state index in [1.54, 1.807) is 6.92 Å². The average molecular weight is 506 g/mol. The molecule has 1 aliphatic rings. The number of ether oxygens (including phenoxy) is 1. The number of phosphoric acid groups is 1. The van der Waals surface area contributed by atoms with Crippen molar-refractivity contribution in [2.24, 2.45) is 23.7 Å². The molecule has 1 rings (SSSR count). The molecule has 33 heavy (non-hydrogen) atoms. The van der Waals surface area contributed by atoms with Gasteiger partial charge in [0.2, 0.25) is 0 Å². The maximum absolute atomic E-state index is 12.0. The van der Waals surface area contributed by atoms with Crippen LogP contribution in [-0.2, 0) is 23.4 Å². The van der Waals surface area contributed by atoms with Crippen LogP contribution < -0.4 is 68.9 Å². The third kappa shape index (κ3) is 17.0. The number of carboxylic acid groups (broad SMARTS) is 1. The van der Waals surface area contributed by atoms with Crippen LogP contribution in [0.2, 0.25) is 0 Å². The van der Waals surface area contributed by atoms with Crippen molar-refractivity contribution >= 4 is 19.8 Å². The second-order valence-electron chi connectivity index (χ2n) is 8.47. The second-order valence-corrected chi connectivity index (χ2v) is 9.62. The summed E-state index contributed by atoms with van der Waals surface area (Å²) in [7, 11) is -5.10. The largest absolute Gasteiger partial charge is 1.00 e. The van der Waals surface area contributed by atoms with Crippen molar-refractivity contribution in [2.75, 3.05) is 13.2 Å². The summed E-state index contributed by atoms with van der Waals surface area (Å²) in [6.45, 7) is 2.88. The number of phosphoric ester groups is 1. The van der Waals surface area contributed by atoms with Crippen molar-refractivity contribution in [1.82, 2.24) is 0 Å². The van der Waals surface area contributed by atoms with E-state index >= 15 is 0 Å². The molecular formula is C22H37Na2O8P. The summed E-state index contributed by atoms with van der Waals surface area (Å²) in [4.78, 5) is 44.2. The zero-order valence-corrected chi connectivity index (χ0v) is 25.6. The summed E-state index contributed by atoms with van der Waals surface area (Å²) in [5.74, 6) is -1.43. The maximum atomic E-state index is 12.0. The number of carboxylic acids is 1. The smallest absolute Gasteiger partial charge is 0.790 e. The zero-order valence-electron chi connectivity index (χ0n) is 20.7. The number of carbonyl (C=O) groups excluding carboxylic acids is 1. The van der Waals surface area contributed by atoms with Crippen LogP contribution in [0.3, 0.4) is 0 Å². The van der Waals surface area contributed by atoms with Gasteiger partial charge in [0.15, 0.2) is 0 Å². The predicted octanol–water partition coefficient (Wildman–Crippen LogP) is -2.56. The number of esters is 1. The van der Waals surface area contributed by atoms with Gasteiger partial charge in [-0.1, -0.05) is 64.5 Å². The van der Waals surface area contributed by atoms with Gasteiger partial charge in [-0.3, -0.25) is 9.59 Å². The first kappa shape index (κ1) is 35.9. The van der Waals surface area contributed by atoms with Gasteiger partial charge in [-0.25, -0.2) is 0 Å². The molecule has 1 aliphatic carbocycles. The van der Waals surface area contributed by atoms with E-state index in [-0.39, 0.29) is 72.1 Å². The summed E-state index contributed by atoms with van der Waals surface area (Å²) in [5, 5.41) is 9.46. The summed E-state index contributed by atoms with van der Waals surface area (Å²) < 4.78 is 19.2. The molecule has 8 nitrogen and oxygen atoms in total. The summed E-state index contributed by atoms with van der Waals surface area (Å²) in [5.41, 5.74) is 0. The Morgan fingerprint density at radius 3 is 2.30 bits per heavy atom. The number of rotatable bonds is 15. The van der Waals surface area contributed by atoms with Crippen LogP contribution in [-0.4, -0.2) is 30.3 Å². The third-order valence-corrected chi connectivity index (χ3v) is 6.59. The minimum absolute atomic E-state index is 0. The quantitative estimate of drug-likeness (QED) is 0.0843. The number of aliphatic carboxylic acids is 1. The molecule has 11 heteroatoms. The molecule has 0 aromatic heterocycles. The minimum atomic E-state index is -5.10. The van der Waals surface area contributed by atoms with E-state index in [0.717, 1.165) is 12.3 Å². The van der Waals surface area contributed by atoms with Crippen LogP contribution in [0.25, 0.3) is 0 Å². The Hall–Kier alpha value is 0.790. The molecule has 0 spiro atoms. The normalized spacial score (nSPS) is 17.5. The first-order valence-electron chi connectivity index (χ1n) is 11.3. The van der Waals surface area contributed by atoms with Gasteiger partial charge < -0.3 is 28.7 Å². The van der Waals surface area contributed by atoms with E-state index in [2.05, 4.69) is 17.5 Å². The predicted molar refractivity (Wildman–Crippen MR) is 113 cm³/mol. The molecule has 3 atom stereocenters. The van der Waals surface area contributed by atoms with E-state index in [1.807, 2.05) is 6.08 Å². The number of allylic oxidation sites excluding steroid dienone is 2. The summed E-state index contributed by atoms with van der Waals surface area (Å²) in [6.07, 6.45) is 14.3. The molecule has 180 valence electrons. The summed E-state index contributed by atoms with van der Waals surface area (Å²) >= 11 is 0. The molecule has 1 saturated carbocycles. The molecule has 0 heterocycles. The van der Waals surface area contributed by atoms with Crippen molar-refractivity contribution in [3.63, 3.8) is 0 Å². The first-order chi connectivity index (χ1) is 14.6. The Kier molecular flexibility index (Phi) is 21.7. The van der Waals surface area contributed by atoms with Crippen LogP contribution in [0.4, 0.5) is 0 Å². The van der Waals surface area contributed by atoms with Gasteiger partial charge in [0, 0.05) is 0 Å². The Morgan fingerprint density at radius 2 is 1.76 bits per heavy atom. The van der Waals surface area contributed by atoms with Crippen molar-refractivity contribution < 1.29 is 97.4 Å². The zero-order chi connectivity index (χ0) is 23.3. The molecule has 0 bridgehead atoms. The fraction of sp³-hybridized carbons (Fsp3) is 0.818.